The van der Waals surface area contributed by atoms with Gasteiger partial charge in [-0.25, -0.2) is 4.79 Å². The van der Waals surface area contributed by atoms with Crippen molar-refractivity contribution in [3.63, 3.8) is 0 Å². The summed E-state index contributed by atoms with van der Waals surface area (Å²) in [5.41, 5.74) is -0.708. The van der Waals surface area contributed by atoms with Crippen LogP contribution in [0.1, 0.15) is 37.4 Å². The van der Waals surface area contributed by atoms with Crippen molar-refractivity contribution in [3.8, 4) is 0 Å². The van der Waals surface area contributed by atoms with E-state index >= 15 is 0 Å². The minimum Gasteiger partial charge on any atom is -0.339 e. The largest absolute Gasteiger partial charge is 0.339 e. The van der Waals surface area contributed by atoms with Crippen molar-refractivity contribution in [2.75, 3.05) is 0 Å². The molecule has 7 nitrogen and oxygen atoms in total. The molecule has 7 heteroatoms. The van der Waals surface area contributed by atoms with Crippen LogP contribution in [-0.4, -0.2) is 19.3 Å². The quantitative estimate of drug-likeness (QED) is 0.793. The first-order valence-electron chi connectivity index (χ1n) is 6.32. The van der Waals surface area contributed by atoms with Crippen LogP contribution in [0.2, 0.25) is 0 Å². The van der Waals surface area contributed by atoms with E-state index in [1.165, 1.54) is 16.8 Å². The second-order valence-corrected chi connectivity index (χ2v) is 4.63. The van der Waals surface area contributed by atoms with Crippen molar-refractivity contribution in [2.24, 2.45) is 0 Å². The highest BCUT2D eigenvalue weighted by Gasteiger charge is 2.29. The van der Waals surface area contributed by atoms with Gasteiger partial charge in [-0.2, -0.15) is 4.98 Å². The van der Waals surface area contributed by atoms with E-state index < -0.39 is 0 Å². The Hall–Kier alpha value is -2.18. The van der Waals surface area contributed by atoms with Crippen LogP contribution in [0.4, 0.5) is 0 Å². The lowest BCUT2D eigenvalue weighted by Crippen LogP contribution is -2.39. The van der Waals surface area contributed by atoms with Gasteiger partial charge in [0.05, 0.1) is 6.54 Å². The highest BCUT2D eigenvalue weighted by atomic mass is 16.5. The van der Waals surface area contributed by atoms with Crippen molar-refractivity contribution in [2.45, 2.75) is 38.8 Å². The molecule has 0 aliphatic heterocycles. The Morgan fingerprint density at radius 2 is 2.21 bits per heavy atom. The predicted octanol–water partition coefficient (Wildman–Crippen LogP) is 0.339. The lowest BCUT2D eigenvalue weighted by Gasteiger charge is -2.05. The van der Waals surface area contributed by atoms with E-state index in [0.717, 1.165) is 17.4 Å². The predicted molar refractivity (Wildman–Crippen MR) is 66.0 cm³/mol. The van der Waals surface area contributed by atoms with Crippen molar-refractivity contribution < 1.29 is 4.52 Å². The Bertz CT molecular complexity index is 708. The molecular formula is C12H14N4O3. The number of rotatable bonds is 4. The Kier molecular flexibility index (Phi) is 2.81. The highest BCUT2D eigenvalue weighted by molar-refractivity contribution is 5.02. The van der Waals surface area contributed by atoms with Crippen molar-refractivity contribution in [1.29, 1.82) is 0 Å². The number of hydrogen-bond donors (Lipinski definition) is 0. The van der Waals surface area contributed by atoms with Gasteiger partial charge in [0.15, 0.2) is 5.82 Å². The molecule has 0 atom stereocenters. The minimum atomic E-state index is -0.354. The molecule has 0 radical (unpaired) electrons. The smallest absolute Gasteiger partial charge is 0.331 e. The third kappa shape index (κ3) is 2.23. The highest BCUT2D eigenvalue weighted by Crippen LogP contribution is 2.38. The van der Waals surface area contributed by atoms with E-state index in [0.29, 0.717) is 24.2 Å². The molecule has 0 bridgehead atoms. The van der Waals surface area contributed by atoms with Gasteiger partial charge in [-0.1, -0.05) is 5.16 Å². The summed E-state index contributed by atoms with van der Waals surface area (Å²) in [4.78, 5) is 28.0. The van der Waals surface area contributed by atoms with E-state index in [2.05, 4.69) is 10.1 Å². The molecule has 1 fully saturated rings. The summed E-state index contributed by atoms with van der Waals surface area (Å²) in [6.07, 6.45) is 3.62. The first kappa shape index (κ1) is 11.9. The fraction of sp³-hybridized carbons (Fsp3) is 0.500. The Balaban J connectivity index is 1.93. The Morgan fingerprint density at radius 3 is 2.89 bits per heavy atom. The number of aryl methyl sites for hydroxylation is 1. The second kappa shape index (κ2) is 4.49. The molecule has 0 spiro atoms. The molecule has 100 valence electrons. The zero-order valence-electron chi connectivity index (χ0n) is 10.6. The monoisotopic (exact) mass is 262 g/mol. The molecule has 2 aromatic heterocycles. The molecule has 1 aliphatic carbocycles. The van der Waals surface area contributed by atoms with E-state index in [9.17, 15) is 9.59 Å². The lowest BCUT2D eigenvalue weighted by atomic mass is 10.4. The molecule has 1 saturated carbocycles. The average Bonchev–Trinajstić information content (AvgIpc) is 3.15. The zero-order chi connectivity index (χ0) is 13.4. The molecule has 19 heavy (non-hydrogen) atoms. The molecule has 1 aliphatic rings. The van der Waals surface area contributed by atoms with Crippen LogP contribution in [0, 0.1) is 0 Å². The molecule has 3 rings (SSSR count). The summed E-state index contributed by atoms with van der Waals surface area (Å²) >= 11 is 0. The summed E-state index contributed by atoms with van der Waals surface area (Å²) in [6.45, 7) is 2.41. The van der Waals surface area contributed by atoms with Gasteiger partial charge in [0, 0.05) is 24.7 Å². The standard InChI is InChI=1S/C12H14N4O3/c1-2-15-6-5-10(17)16(12(15)18)7-9-13-11(19-14-9)8-3-4-8/h5-6,8H,2-4,7H2,1H3. The average molecular weight is 262 g/mol. The Labute approximate surface area is 108 Å². The molecule has 0 aromatic carbocycles. The molecule has 0 unspecified atom stereocenters. The summed E-state index contributed by atoms with van der Waals surface area (Å²) in [6, 6.07) is 1.37. The van der Waals surface area contributed by atoms with Crippen LogP contribution in [0.3, 0.4) is 0 Å². The maximum absolute atomic E-state index is 12.0. The fourth-order valence-corrected chi connectivity index (χ4v) is 1.91. The van der Waals surface area contributed by atoms with Gasteiger partial charge in [-0.15, -0.1) is 0 Å². The second-order valence-electron chi connectivity index (χ2n) is 4.63. The van der Waals surface area contributed by atoms with Crippen LogP contribution in [-0.2, 0) is 13.1 Å². The fourth-order valence-electron chi connectivity index (χ4n) is 1.91. The van der Waals surface area contributed by atoms with E-state index in [-0.39, 0.29) is 17.8 Å². The molecule has 2 heterocycles. The molecular weight excluding hydrogens is 248 g/mol. The maximum Gasteiger partial charge on any atom is 0.331 e. The van der Waals surface area contributed by atoms with Gasteiger partial charge in [-0.05, 0) is 19.8 Å². The van der Waals surface area contributed by atoms with Crippen LogP contribution < -0.4 is 11.2 Å². The van der Waals surface area contributed by atoms with Gasteiger partial charge >= 0.3 is 5.69 Å². The summed E-state index contributed by atoms with van der Waals surface area (Å²) in [7, 11) is 0. The summed E-state index contributed by atoms with van der Waals surface area (Å²) in [5.74, 6) is 1.34. The first-order chi connectivity index (χ1) is 9.19. The van der Waals surface area contributed by atoms with Crippen LogP contribution in [0.5, 0.6) is 0 Å². The third-order valence-corrected chi connectivity index (χ3v) is 3.19. The zero-order valence-corrected chi connectivity index (χ0v) is 10.6. The van der Waals surface area contributed by atoms with E-state index in [4.69, 9.17) is 4.52 Å². The lowest BCUT2D eigenvalue weighted by molar-refractivity contribution is 0.372. The van der Waals surface area contributed by atoms with Crippen LogP contribution >= 0.6 is 0 Å². The van der Waals surface area contributed by atoms with Crippen molar-refractivity contribution >= 4 is 0 Å². The van der Waals surface area contributed by atoms with E-state index in [1.807, 2.05) is 6.92 Å². The van der Waals surface area contributed by atoms with Gasteiger partial charge in [0.1, 0.15) is 0 Å². The molecule has 0 amide bonds. The summed E-state index contributed by atoms with van der Waals surface area (Å²) < 4.78 is 7.69. The minimum absolute atomic E-state index is 0.0503. The molecule has 0 saturated heterocycles. The number of aromatic nitrogens is 4. The maximum atomic E-state index is 12.0. The SMILES string of the molecule is CCn1ccc(=O)n(Cc2noc(C3CC3)n2)c1=O. The molecule has 0 N–H and O–H groups in total. The Morgan fingerprint density at radius 1 is 1.42 bits per heavy atom. The van der Waals surface area contributed by atoms with Crippen LogP contribution in [0.25, 0.3) is 0 Å². The van der Waals surface area contributed by atoms with Gasteiger partial charge in [-0.3, -0.25) is 9.36 Å². The van der Waals surface area contributed by atoms with E-state index in [1.54, 1.807) is 0 Å². The third-order valence-electron chi connectivity index (χ3n) is 3.19. The normalized spacial score (nSPS) is 14.8. The first-order valence-corrected chi connectivity index (χ1v) is 6.32. The van der Waals surface area contributed by atoms with Crippen LogP contribution in [0.15, 0.2) is 26.4 Å². The van der Waals surface area contributed by atoms with Gasteiger partial charge in [0.25, 0.3) is 5.56 Å². The number of nitrogens with zero attached hydrogens (tertiary/aromatic N) is 4. The number of hydrogen-bond acceptors (Lipinski definition) is 5. The van der Waals surface area contributed by atoms with Gasteiger partial charge < -0.3 is 9.09 Å². The van der Waals surface area contributed by atoms with Gasteiger partial charge in [0.2, 0.25) is 5.89 Å². The molecule has 2 aromatic rings. The topological polar surface area (TPSA) is 82.9 Å². The summed E-state index contributed by atoms with van der Waals surface area (Å²) in [5, 5.41) is 3.82. The van der Waals surface area contributed by atoms with Crippen molar-refractivity contribution in [1.82, 2.24) is 19.3 Å². The van der Waals surface area contributed by atoms with Crippen molar-refractivity contribution in [3.05, 3.63) is 44.8 Å².